The number of ether oxygens (including phenoxy) is 2. The van der Waals surface area contributed by atoms with Gasteiger partial charge >= 0.3 is 0 Å². The second-order valence-corrected chi connectivity index (χ2v) is 8.99. The molecule has 3 N–H and O–H groups in total. The molecule has 1 amide bonds. The highest BCUT2D eigenvalue weighted by atomic mass is 16.5. The van der Waals surface area contributed by atoms with Crippen molar-refractivity contribution in [2.75, 3.05) is 20.3 Å². The molecular weight excluding hydrogens is 484 g/mol. The fourth-order valence-electron chi connectivity index (χ4n) is 4.91. The predicted molar refractivity (Wildman–Crippen MR) is 143 cm³/mol. The summed E-state index contributed by atoms with van der Waals surface area (Å²) in [5.74, 6) is -0.976. The van der Waals surface area contributed by atoms with Crippen molar-refractivity contribution in [3.8, 4) is 17.2 Å². The van der Waals surface area contributed by atoms with E-state index in [0.29, 0.717) is 29.9 Å². The highest BCUT2D eigenvalue weighted by molar-refractivity contribution is 6.46. The molecule has 8 heteroatoms. The largest absolute Gasteiger partial charge is 0.507 e. The van der Waals surface area contributed by atoms with Crippen LogP contribution in [0.1, 0.15) is 29.7 Å². The number of para-hydroxylation sites is 1. The summed E-state index contributed by atoms with van der Waals surface area (Å²) < 4.78 is 10.8. The molecule has 8 nitrogen and oxygen atoms in total. The van der Waals surface area contributed by atoms with Crippen molar-refractivity contribution >= 4 is 28.4 Å². The normalized spacial score (nSPS) is 16.8. The fourth-order valence-corrected chi connectivity index (χ4v) is 4.91. The maximum absolute atomic E-state index is 13.4. The van der Waals surface area contributed by atoms with Gasteiger partial charge in [0.1, 0.15) is 11.5 Å². The molecule has 0 spiro atoms. The van der Waals surface area contributed by atoms with E-state index < -0.39 is 17.7 Å². The van der Waals surface area contributed by atoms with Crippen LogP contribution < -0.4 is 9.47 Å². The van der Waals surface area contributed by atoms with Crippen molar-refractivity contribution in [2.24, 2.45) is 0 Å². The number of likely N-dealkylation sites (tertiary alicyclic amines) is 1. The number of phenols is 1. The molecule has 1 fully saturated rings. The van der Waals surface area contributed by atoms with Gasteiger partial charge < -0.3 is 29.6 Å². The van der Waals surface area contributed by atoms with Crippen molar-refractivity contribution in [3.05, 3.63) is 95.2 Å². The first kappa shape index (κ1) is 25.0. The number of amides is 1. The van der Waals surface area contributed by atoms with E-state index in [1.165, 1.54) is 18.1 Å². The number of nitrogens with one attached hydrogen (secondary N) is 1. The Morgan fingerprint density at radius 1 is 1.05 bits per heavy atom. The van der Waals surface area contributed by atoms with Crippen LogP contribution >= 0.6 is 0 Å². The number of aromatic amines is 1. The van der Waals surface area contributed by atoms with Gasteiger partial charge in [-0.25, -0.2) is 0 Å². The number of fused-ring (bicyclic) bond motifs is 1. The Morgan fingerprint density at radius 3 is 2.55 bits per heavy atom. The fraction of sp³-hybridized carbons (Fsp3) is 0.200. The second-order valence-electron chi connectivity index (χ2n) is 8.99. The van der Waals surface area contributed by atoms with Crippen molar-refractivity contribution < 1.29 is 29.3 Å². The number of ketones is 1. The first-order chi connectivity index (χ1) is 18.4. The molecule has 38 heavy (non-hydrogen) atoms. The number of aliphatic hydroxyl groups is 1. The van der Waals surface area contributed by atoms with E-state index in [2.05, 4.69) is 4.98 Å². The third kappa shape index (κ3) is 4.45. The van der Waals surface area contributed by atoms with Gasteiger partial charge in [-0.1, -0.05) is 24.3 Å². The molecule has 1 aromatic heterocycles. The first-order valence-electron chi connectivity index (χ1n) is 12.4. The quantitative estimate of drug-likeness (QED) is 0.175. The molecule has 1 aliphatic rings. The first-order valence-corrected chi connectivity index (χ1v) is 12.4. The van der Waals surface area contributed by atoms with E-state index in [4.69, 9.17) is 9.47 Å². The highest BCUT2D eigenvalue weighted by Crippen LogP contribution is 2.42. The average Bonchev–Trinajstić information content (AvgIpc) is 3.46. The maximum Gasteiger partial charge on any atom is 0.295 e. The topological polar surface area (TPSA) is 112 Å². The van der Waals surface area contributed by atoms with Crippen LogP contribution in [0.5, 0.6) is 17.2 Å². The number of aromatic nitrogens is 1. The number of rotatable bonds is 8. The van der Waals surface area contributed by atoms with Crippen LogP contribution in [0.4, 0.5) is 0 Å². The molecule has 1 aliphatic heterocycles. The summed E-state index contributed by atoms with van der Waals surface area (Å²) in [4.78, 5) is 31.4. The van der Waals surface area contributed by atoms with Gasteiger partial charge in [-0.15, -0.1) is 0 Å². The van der Waals surface area contributed by atoms with Crippen LogP contribution in [0.3, 0.4) is 0 Å². The molecular formula is C30H28N2O6. The predicted octanol–water partition coefficient (Wildman–Crippen LogP) is 4.95. The molecule has 0 unspecified atom stereocenters. The zero-order chi connectivity index (χ0) is 26.8. The van der Waals surface area contributed by atoms with E-state index in [1.807, 2.05) is 30.5 Å². The molecule has 0 radical (unpaired) electrons. The Hall–Kier alpha value is -4.72. The van der Waals surface area contributed by atoms with E-state index in [1.54, 1.807) is 43.3 Å². The number of hydrogen-bond acceptors (Lipinski definition) is 6. The lowest BCUT2D eigenvalue weighted by molar-refractivity contribution is -0.139. The van der Waals surface area contributed by atoms with E-state index in [-0.39, 0.29) is 29.4 Å². The lowest BCUT2D eigenvalue weighted by atomic mass is 9.94. The second kappa shape index (κ2) is 10.3. The van der Waals surface area contributed by atoms with E-state index in [9.17, 15) is 19.8 Å². The Bertz CT molecular complexity index is 1540. The van der Waals surface area contributed by atoms with Crippen molar-refractivity contribution in [1.82, 2.24) is 9.88 Å². The van der Waals surface area contributed by atoms with Gasteiger partial charge in [0.05, 0.1) is 25.3 Å². The van der Waals surface area contributed by atoms with E-state index in [0.717, 1.165) is 16.5 Å². The number of Topliss-reactive ketones (excluding diaryl/α,β-unsaturated/α-hetero) is 1. The summed E-state index contributed by atoms with van der Waals surface area (Å²) in [7, 11) is 1.54. The number of benzene rings is 3. The number of hydrogen-bond donors (Lipinski definition) is 3. The number of phenolic OH excluding ortho intramolecular Hbond substituents is 1. The summed E-state index contributed by atoms with van der Waals surface area (Å²) in [6, 6.07) is 18.3. The third-order valence-electron chi connectivity index (χ3n) is 6.80. The summed E-state index contributed by atoms with van der Waals surface area (Å²) in [6.45, 7) is 2.36. The van der Waals surface area contributed by atoms with Crippen LogP contribution in [0.25, 0.3) is 16.7 Å². The number of aliphatic hydroxyl groups excluding tert-OH is 1. The third-order valence-corrected chi connectivity index (χ3v) is 6.80. The monoisotopic (exact) mass is 512 g/mol. The molecule has 1 atom stereocenters. The molecule has 4 aromatic rings. The Morgan fingerprint density at radius 2 is 1.82 bits per heavy atom. The van der Waals surface area contributed by atoms with Crippen molar-refractivity contribution in [3.63, 3.8) is 0 Å². The zero-order valence-corrected chi connectivity index (χ0v) is 21.1. The Balaban J connectivity index is 1.58. The Kier molecular flexibility index (Phi) is 6.79. The molecule has 2 heterocycles. The van der Waals surface area contributed by atoms with Gasteiger partial charge in [0.2, 0.25) is 0 Å². The van der Waals surface area contributed by atoms with Gasteiger partial charge in [-0.3, -0.25) is 9.59 Å². The molecule has 0 bridgehead atoms. The molecule has 194 valence electrons. The molecule has 1 saturated heterocycles. The number of methoxy groups -OCH3 is 1. The standard InChI is InChI=1S/C30H28N2O6/c1-3-38-25-16-19(10-13-24(25)33)27-26(28(34)18-8-11-21(37-2)12-9-18)29(35)30(36)32(27)15-14-20-17-31-23-7-5-4-6-22(20)23/h4-13,16-17,27,31,33-34H,3,14-15H2,1-2H3/t27-/m1/s1. The van der Waals surface area contributed by atoms with Gasteiger partial charge in [0.15, 0.2) is 11.5 Å². The molecule has 5 rings (SSSR count). The number of aromatic hydroxyl groups is 1. The molecule has 3 aromatic carbocycles. The maximum atomic E-state index is 13.4. The Labute approximate surface area is 219 Å². The van der Waals surface area contributed by atoms with Gasteiger partial charge in [-0.05, 0) is 66.9 Å². The number of carbonyl (C=O) groups is 2. The summed E-state index contributed by atoms with van der Waals surface area (Å²) in [5.41, 5.74) is 2.90. The van der Waals surface area contributed by atoms with Crippen LogP contribution in [0.15, 0.2) is 78.5 Å². The summed E-state index contributed by atoms with van der Waals surface area (Å²) in [6.07, 6.45) is 2.40. The van der Waals surface area contributed by atoms with Crippen LogP contribution in [-0.2, 0) is 16.0 Å². The minimum Gasteiger partial charge on any atom is -0.507 e. The van der Waals surface area contributed by atoms with Crippen molar-refractivity contribution in [1.29, 1.82) is 0 Å². The SMILES string of the molecule is CCOc1cc([C@@H]2C(=C(O)c3ccc(OC)cc3)C(=O)C(=O)N2CCc2c[nH]c3ccccc23)ccc1O. The van der Waals surface area contributed by atoms with Gasteiger partial charge in [0, 0.05) is 29.2 Å². The van der Waals surface area contributed by atoms with Crippen LogP contribution in [0, 0.1) is 0 Å². The molecule has 0 aliphatic carbocycles. The number of H-pyrrole nitrogens is 1. The van der Waals surface area contributed by atoms with Crippen molar-refractivity contribution in [2.45, 2.75) is 19.4 Å². The molecule has 0 saturated carbocycles. The smallest absolute Gasteiger partial charge is 0.295 e. The lowest BCUT2D eigenvalue weighted by Gasteiger charge is -2.26. The summed E-state index contributed by atoms with van der Waals surface area (Å²) >= 11 is 0. The van der Waals surface area contributed by atoms with Gasteiger partial charge in [0.25, 0.3) is 11.7 Å². The van der Waals surface area contributed by atoms with E-state index >= 15 is 0 Å². The minimum absolute atomic E-state index is 0.0211. The lowest BCUT2D eigenvalue weighted by Crippen LogP contribution is -2.31. The van der Waals surface area contributed by atoms with Crippen LogP contribution in [0.2, 0.25) is 0 Å². The van der Waals surface area contributed by atoms with Crippen LogP contribution in [-0.4, -0.2) is 52.0 Å². The summed E-state index contributed by atoms with van der Waals surface area (Å²) in [5, 5.41) is 22.6. The highest BCUT2D eigenvalue weighted by Gasteiger charge is 2.46. The number of nitrogens with zero attached hydrogens (tertiary/aromatic N) is 1. The minimum atomic E-state index is -0.873. The zero-order valence-electron chi connectivity index (χ0n) is 21.1. The average molecular weight is 513 g/mol. The number of carbonyl (C=O) groups excluding carboxylic acids is 2. The van der Waals surface area contributed by atoms with Gasteiger partial charge in [-0.2, -0.15) is 0 Å².